The maximum absolute atomic E-state index is 6.01. The molecule has 0 saturated heterocycles. The second kappa shape index (κ2) is 7.19. The van der Waals surface area contributed by atoms with E-state index >= 15 is 0 Å². The molecule has 0 unspecified atom stereocenters. The summed E-state index contributed by atoms with van der Waals surface area (Å²) >= 11 is 17.0. The monoisotopic (exact) mass is 324 g/mol. The highest BCUT2D eigenvalue weighted by Gasteiger charge is 2.02. The lowest BCUT2D eigenvalue weighted by atomic mass is 10.3. The fourth-order valence-electron chi connectivity index (χ4n) is 1.35. The van der Waals surface area contributed by atoms with Gasteiger partial charge in [0.05, 0.1) is 22.6 Å². The van der Waals surface area contributed by atoms with Crippen LogP contribution in [0.1, 0.15) is 5.69 Å². The smallest absolute Gasteiger partial charge is 0.191 e. The third-order valence-corrected chi connectivity index (χ3v) is 2.99. The van der Waals surface area contributed by atoms with Crippen LogP contribution in [-0.2, 0) is 0 Å². The number of benzene rings is 1. The Morgan fingerprint density at radius 1 is 1.25 bits per heavy atom. The lowest BCUT2D eigenvalue weighted by Crippen LogP contribution is -2.24. The summed E-state index contributed by atoms with van der Waals surface area (Å²) in [5, 5.41) is 8.27. The summed E-state index contributed by atoms with van der Waals surface area (Å²) in [7, 11) is 0. The van der Waals surface area contributed by atoms with Crippen molar-refractivity contribution in [3.8, 4) is 0 Å². The summed E-state index contributed by atoms with van der Waals surface area (Å²) in [6, 6.07) is 10.6. The maximum atomic E-state index is 6.01. The first-order valence-electron chi connectivity index (χ1n) is 5.61. The van der Waals surface area contributed by atoms with Crippen molar-refractivity contribution in [3.05, 3.63) is 58.3 Å². The summed E-state index contributed by atoms with van der Waals surface area (Å²) < 4.78 is 0. The molecular formula is C13H10Cl2N4S. The van der Waals surface area contributed by atoms with Crippen molar-refractivity contribution in [1.29, 1.82) is 0 Å². The SMILES string of the molecule is S=C(NN=Cc1ccccn1)Nc1cc(Cl)ccc1Cl. The maximum Gasteiger partial charge on any atom is 0.191 e. The Labute approximate surface area is 131 Å². The van der Waals surface area contributed by atoms with Gasteiger partial charge in [0.2, 0.25) is 0 Å². The number of halogens is 2. The summed E-state index contributed by atoms with van der Waals surface area (Å²) in [6.45, 7) is 0. The molecule has 4 nitrogen and oxygen atoms in total. The Balaban J connectivity index is 1.93. The molecule has 0 spiro atoms. The van der Waals surface area contributed by atoms with Crippen LogP contribution in [0.15, 0.2) is 47.7 Å². The number of rotatable bonds is 3. The first-order chi connectivity index (χ1) is 9.65. The van der Waals surface area contributed by atoms with Gasteiger partial charge in [-0.05, 0) is 42.5 Å². The Bertz CT molecular complexity index is 632. The van der Waals surface area contributed by atoms with Crippen molar-refractivity contribution in [1.82, 2.24) is 10.4 Å². The van der Waals surface area contributed by atoms with E-state index in [1.54, 1.807) is 30.6 Å². The number of hydrazone groups is 1. The topological polar surface area (TPSA) is 49.3 Å². The van der Waals surface area contributed by atoms with Gasteiger partial charge in [0.1, 0.15) is 0 Å². The van der Waals surface area contributed by atoms with E-state index in [0.29, 0.717) is 20.8 Å². The van der Waals surface area contributed by atoms with Crippen LogP contribution >= 0.6 is 35.4 Å². The molecule has 0 amide bonds. The molecule has 0 saturated carbocycles. The third kappa shape index (κ3) is 4.45. The van der Waals surface area contributed by atoms with Crippen LogP contribution < -0.4 is 10.7 Å². The van der Waals surface area contributed by atoms with Gasteiger partial charge in [0.15, 0.2) is 5.11 Å². The lowest BCUT2D eigenvalue weighted by molar-refractivity contribution is 1.05. The Morgan fingerprint density at radius 3 is 2.85 bits per heavy atom. The largest absolute Gasteiger partial charge is 0.330 e. The van der Waals surface area contributed by atoms with Crippen molar-refractivity contribution in [3.63, 3.8) is 0 Å². The molecule has 2 aromatic rings. The van der Waals surface area contributed by atoms with Crippen LogP contribution in [0.25, 0.3) is 0 Å². The number of aromatic nitrogens is 1. The predicted octanol–water partition coefficient (Wildman–Crippen LogP) is 3.71. The molecule has 1 heterocycles. The molecule has 7 heteroatoms. The van der Waals surface area contributed by atoms with E-state index in [1.165, 1.54) is 0 Å². The quantitative estimate of drug-likeness (QED) is 0.513. The van der Waals surface area contributed by atoms with Gasteiger partial charge in [0, 0.05) is 11.2 Å². The van der Waals surface area contributed by atoms with E-state index in [-0.39, 0.29) is 0 Å². The third-order valence-electron chi connectivity index (χ3n) is 2.23. The van der Waals surface area contributed by atoms with Gasteiger partial charge in [0.25, 0.3) is 0 Å². The van der Waals surface area contributed by atoms with Crippen LogP contribution in [0.4, 0.5) is 5.69 Å². The summed E-state index contributed by atoms with van der Waals surface area (Å²) in [4.78, 5) is 4.09. The lowest BCUT2D eigenvalue weighted by Gasteiger charge is -2.08. The van der Waals surface area contributed by atoms with Crippen molar-refractivity contribution in [2.45, 2.75) is 0 Å². The summed E-state index contributed by atoms with van der Waals surface area (Å²) in [5.41, 5.74) is 4.02. The zero-order chi connectivity index (χ0) is 14.4. The highest BCUT2D eigenvalue weighted by Crippen LogP contribution is 2.25. The van der Waals surface area contributed by atoms with E-state index in [0.717, 1.165) is 5.69 Å². The second-order valence-corrected chi connectivity index (χ2v) is 4.95. The van der Waals surface area contributed by atoms with Gasteiger partial charge in [-0.15, -0.1) is 0 Å². The highest BCUT2D eigenvalue weighted by atomic mass is 35.5. The Kier molecular flexibility index (Phi) is 5.29. The van der Waals surface area contributed by atoms with E-state index in [9.17, 15) is 0 Å². The molecule has 0 fully saturated rings. The van der Waals surface area contributed by atoms with Gasteiger partial charge in [-0.1, -0.05) is 29.3 Å². The minimum Gasteiger partial charge on any atom is -0.330 e. The van der Waals surface area contributed by atoms with Crippen LogP contribution in [0.5, 0.6) is 0 Å². The van der Waals surface area contributed by atoms with Crippen molar-refractivity contribution in [2.24, 2.45) is 5.10 Å². The van der Waals surface area contributed by atoms with Crippen molar-refractivity contribution >= 4 is 52.4 Å². The minimum atomic E-state index is 0.307. The molecule has 102 valence electrons. The Morgan fingerprint density at radius 2 is 2.10 bits per heavy atom. The van der Waals surface area contributed by atoms with E-state index in [2.05, 4.69) is 20.8 Å². The van der Waals surface area contributed by atoms with E-state index in [4.69, 9.17) is 35.4 Å². The molecule has 0 radical (unpaired) electrons. The fourth-order valence-corrected chi connectivity index (χ4v) is 1.85. The van der Waals surface area contributed by atoms with E-state index in [1.807, 2.05) is 18.2 Å². The standard InChI is InChI=1S/C13H10Cl2N4S/c14-9-4-5-11(15)12(7-9)18-13(20)19-17-8-10-3-1-2-6-16-10/h1-8H,(H2,18,19,20). The Hall–Kier alpha value is -1.69. The molecule has 2 N–H and O–H groups in total. The normalized spacial score (nSPS) is 10.5. The first kappa shape index (κ1) is 14.7. The van der Waals surface area contributed by atoms with Crippen molar-refractivity contribution < 1.29 is 0 Å². The molecule has 0 aliphatic rings. The summed E-state index contributed by atoms with van der Waals surface area (Å²) in [5.74, 6) is 0. The number of nitrogens with one attached hydrogen (secondary N) is 2. The summed E-state index contributed by atoms with van der Waals surface area (Å²) in [6.07, 6.45) is 3.25. The molecule has 1 aromatic heterocycles. The zero-order valence-corrected chi connectivity index (χ0v) is 12.5. The van der Waals surface area contributed by atoms with Gasteiger partial charge in [-0.3, -0.25) is 10.4 Å². The molecule has 0 aliphatic heterocycles. The molecule has 0 aliphatic carbocycles. The van der Waals surface area contributed by atoms with Crippen LogP contribution in [-0.4, -0.2) is 16.3 Å². The van der Waals surface area contributed by atoms with Crippen LogP contribution in [0.3, 0.4) is 0 Å². The van der Waals surface area contributed by atoms with Gasteiger partial charge in [-0.25, -0.2) is 0 Å². The molecule has 2 rings (SSSR count). The van der Waals surface area contributed by atoms with Crippen LogP contribution in [0, 0.1) is 0 Å². The molecule has 1 aromatic carbocycles. The number of anilines is 1. The fraction of sp³-hybridized carbons (Fsp3) is 0. The number of hydrogen-bond donors (Lipinski definition) is 2. The number of thiocarbonyl (C=S) groups is 1. The van der Waals surface area contributed by atoms with Crippen LogP contribution in [0.2, 0.25) is 10.0 Å². The van der Waals surface area contributed by atoms with Crippen molar-refractivity contribution in [2.75, 3.05) is 5.32 Å². The van der Waals surface area contributed by atoms with Gasteiger partial charge < -0.3 is 5.32 Å². The van der Waals surface area contributed by atoms with Gasteiger partial charge in [-0.2, -0.15) is 5.10 Å². The predicted molar refractivity (Wildman–Crippen MR) is 87.6 cm³/mol. The first-order valence-corrected chi connectivity index (χ1v) is 6.78. The number of hydrogen-bond acceptors (Lipinski definition) is 3. The number of pyridine rings is 1. The number of nitrogens with zero attached hydrogens (tertiary/aromatic N) is 2. The zero-order valence-electron chi connectivity index (χ0n) is 10.2. The molecular weight excluding hydrogens is 315 g/mol. The second-order valence-electron chi connectivity index (χ2n) is 3.70. The minimum absolute atomic E-state index is 0.307. The van der Waals surface area contributed by atoms with Gasteiger partial charge >= 0.3 is 0 Å². The average Bonchev–Trinajstić information content (AvgIpc) is 2.44. The molecule has 20 heavy (non-hydrogen) atoms. The molecule has 0 atom stereocenters. The highest BCUT2D eigenvalue weighted by molar-refractivity contribution is 7.80. The van der Waals surface area contributed by atoms with E-state index < -0.39 is 0 Å². The molecule has 0 bridgehead atoms. The average molecular weight is 325 g/mol.